The van der Waals surface area contributed by atoms with E-state index in [4.69, 9.17) is 0 Å². The molecule has 0 saturated carbocycles. The van der Waals surface area contributed by atoms with Gasteiger partial charge in [0.25, 0.3) is 5.69 Å². The molecule has 122 valence electrons. The highest BCUT2D eigenvalue weighted by Gasteiger charge is 2.28. The maximum atomic E-state index is 12.5. The molecule has 24 heavy (non-hydrogen) atoms. The van der Waals surface area contributed by atoms with E-state index in [0.29, 0.717) is 12.1 Å². The fourth-order valence-corrected chi connectivity index (χ4v) is 3.00. The average molecular weight is 323 g/mol. The van der Waals surface area contributed by atoms with Gasteiger partial charge in [-0.1, -0.05) is 18.2 Å². The van der Waals surface area contributed by atoms with Crippen molar-refractivity contribution in [2.75, 3.05) is 6.54 Å². The van der Waals surface area contributed by atoms with E-state index in [9.17, 15) is 14.9 Å². The monoisotopic (exact) mass is 323 g/mol. The van der Waals surface area contributed by atoms with Gasteiger partial charge in [-0.05, 0) is 36.6 Å². The van der Waals surface area contributed by atoms with Gasteiger partial charge in [0, 0.05) is 31.1 Å². The second-order valence-corrected chi connectivity index (χ2v) is 5.63. The van der Waals surface area contributed by atoms with Gasteiger partial charge in [0.1, 0.15) is 0 Å². The maximum absolute atomic E-state index is 12.5. The number of aromatic nitrogens is 1. The molecular weight excluding hydrogens is 306 g/mol. The van der Waals surface area contributed by atoms with Gasteiger partial charge in [0.2, 0.25) is 5.91 Å². The summed E-state index contributed by atoms with van der Waals surface area (Å²) in [4.78, 5) is 29.0. The maximum Gasteiger partial charge on any atom is 0.276 e. The first-order chi connectivity index (χ1) is 11.7. The molecule has 1 aromatic carbocycles. The molecule has 3 rings (SSSR count). The van der Waals surface area contributed by atoms with Crippen LogP contribution in [-0.4, -0.2) is 27.3 Å². The Labute approximate surface area is 139 Å². The SMILES string of the molecule is O=C(/C=C/c1ccccc1[N+](=O)[O-])N1CCCC1c1cccnc1. The Morgan fingerprint density at radius 2 is 2.12 bits per heavy atom. The third-order valence-electron chi connectivity index (χ3n) is 4.14. The number of nitrogens with zero attached hydrogens (tertiary/aromatic N) is 3. The summed E-state index contributed by atoms with van der Waals surface area (Å²) in [6.07, 6.45) is 8.25. The molecule has 0 radical (unpaired) electrons. The summed E-state index contributed by atoms with van der Waals surface area (Å²) < 4.78 is 0. The Morgan fingerprint density at radius 3 is 2.88 bits per heavy atom. The molecule has 1 fully saturated rings. The van der Waals surface area contributed by atoms with Crippen molar-refractivity contribution >= 4 is 17.7 Å². The van der Waals surface area contributed by atoms with Crippen LogP contribution in [0.3, 0.4) is 0 Å². The lowest BCUT2D eigenvalue weighted by Gasteiger charge is -2.23. The zero-order chi connectivity index (χ0) is 16.9. The lowest BCUT2D eigenvalue weighted by atomic mass is 10.1. The molecule has 0 bridgehead atoms. The van der Waals surface area contributed by atoms with Crippen LogP contribution in [0.5, 0.6) is 0 Å². The van der Waals surface area contributed by atoms with Gasteiger partial charge in [0.15, 0.2) is 0 Å². The van der Waals surface area contributed by atoms with Crippen molar-refractivity contribution < 1.29 is 9.72 Å². The highest BCUT2D eigenvalue weighted by Crippen LogP contribution is 2.31. The Morgan fingerprint density at radius 1 is 1.29 bits per heavy atom. The van der Waals surface area contributed by atoms with Gasteiger partial charge in [-0.3, -0.25) is 19.9 Å². The van der Waals surface area contributed by atoms with Crippen LogP contribution in [0.15, 0.2) is 54.9 Å². The normalized spacial score (nSPS) is 17.3. The first-order valence-electron chi connectivity index (χ1n) is 7.79. The molecule has 1 aliphatic heterocycles. The van der Waals surface area contributed by atoms with Crippen LogP contribution >= 0.6 is 0 Å². The van der Waals surface area contributed by atoms with E-state index < -0.39 is 4.92 Å². The van der Waals surface area contributed by atoms with E-state index in [0.717, 1.165) is 18.4 Å². The smallest absolute Gasteiger partial charge is 0.276 e. The summed E-state index contributed by atoms with van der Waals surface area (Å²) in [6, 6.07) is 10.2. The number of rotatable bonds is 4. The number of carbonyl (C=O) groups excluding carboxylic acids is 1. The molecule has 0 N–H and O–H groups in total. The molecule has 6 nitrogen and oxygen atoms in total. The number of pyridine rings is 1. The first-order valence-corrected chi connectivity index (χ1v) is 7.79. The summed E-state index contributed by atoms with van der Waals surface area (Å²) in [5.41, 5.74) is 1.43. The third-order valence-corrected chi connectivity index (χ3v) is 4.14. The van der Waals surface area contributed by atoms with Crippen LogP contribution in [0.2, 0.25) is 0 Å². The zero-order valence-corrected chi connectivity index (χ0v) is 13.0. The van der Waals surface area contributed by atoms with Crippen molar-refractivity contribution in [2.24, 2.45) is 0 Å². The van der Waals surface area contributed by atoms with Crippen molar-refractivity contribution in [3.63, 3.8) is 0 Å². The van der Waals surface area contributed by atoms with E-state index in [1.165, 1.54) is 18.2 Å². The van der Waals surface area contributed by atoms with Crippen LogP contribution in [0, 0.1) is 10.1 Å². The number of nitro benzene ring substituents is 1. The molecule has 2 aromatic rings. The predicted molar refractivity (Wildman–Crippen MR) is 90.1 cm³/mol. The van der Waals surface area contributed by atoms with Crippen molar-refractivity contribution in [3.05, 3.63) is 76.1 Å². The minimum atomic E-state index is -0.446. The van der Waals surface area contributed by atoms with E-state index in [1.807, 2.05) is 12.1 Å². The molecule has 1 saturated heterocycles. The van der Waals surface area contributed by atoms with Crippen LogP contribution in [-0.2, 0) is 4.79 Å². The standard InChI is InChI=1S/C18H17N3O3/c22-18(10-9-14-5-1-2-7-17(14)21(23)24)20-12-4-8-16(20)15-6-3-11-19-13-15/h1-3,5-7,9-11,13,16H,4,8,12H2/b10-9+. The Bertz CT molecular complexity index is 774. The van der Waals surface area contributed by atoms with Gasteiger partial charge >= 0.3 is 0 Å². The highest BCUT2D eigenvalue weighted by atomic mass is 16.6. The number of amides is 1. The molecule has 0 spiro atoms. The minimum Gasteiger partial charge on any atom is -0.332 e. The van der Waals surface area contributed by atoms with Crippen molar-refractivity contribution in [2.45, 2.75) is 18.9 Å². The van der Waals surface area contributed by atoms with Crippen LogP contribution < -0.4 is 0 Å². The summed E-state index contributed by atoms with van der Waals surface area (Å²) >= 11 is 0. The van der Waals surface area contributed by atoms with Gasteiger partial charge in [0.05, 0.1) is 16.5 Å². The van der Waals surface area contributed by atoms with Crippen molar-refractivity contribution in [1.82, 2.24) is 9.88 Å². The summed E-state index contributed by atoms with van der Waals surface area (Å²) in [7, 11) is 0. The third kappa shape index (κ3) is 3.32. The number of carbonyl (C=O) groups is 1. The Hall–Kier alpha value is -3.02. The second-order valence-electron chi connectivity index (χ2n) is 5.63. The average Bonchev–Trinajstić information content (AvgIpc) is 3.10. The Balaban J connectivity index is 1.78. The van der Waals surface area contributed by atoms with Crippen molar-refractivity contribution in [1.29, 1.82) is 0 Å². The summed E-state index contributed by atoms with van der Waals surface area (Å²) in [5, 5.41) is 11.0. The molecule has 2 heterocycles. The molecule has 0 aliphatic carbocycles. The molecule has 1 amide bonds. The first kappa shape index (κ1) is 15.9. The van der Waals surface area contributed by atoms with Crippen LogP contribution in [0.1, 0.15) is 30.0 Å². The zero-order valence-electron chi connectivity index (χ0n) is 13.0. The fourth-order valence-electron chi connectivity index (χ4n) is 3.00. The number of likely N-dealkylation sites (tertiary alicyclic amines) is 1. The van der Waals surface area contributed by atoms with E-state index in [-0.39, 0.29) is 17.6 Å². The number of benzene rings is 1. The molecule has 1 aromatic heterocycles. The number of nitro groups is 1. The van der Waals surface area contributed by atoms with Gasteiger partial charge in [-0.2, -0.15) is 0 Å². The largest absolute Gasteiger partial charge is 0.332 e. The molecule has 1 aliphatic rings. The van der Waals surface area contributed by atoms with Gasteiger partial charge < -0.3 is 4.90 Å². The van der Waals surface area contributed by atoms with Crippen LogP contribution in [0.4, 0.5) is 5.69 Å². The lowest BCUT2D eigenvalue weighted by Crippen LogP contribution is -2.28. The highest BCUT2D eigenvalue weighted by molar-refractivity contribution is 5.92. The molecular formula is C18H17N3O3. The van der Waals surface area contributed by atoms with Gasteiger partial charge in [-0.15, -0.1) is 0 Å². The number of hydrogen-bond acceptors (Lipinski definition) is 4. The summed E-state index contributed by atoms with van der Waals surface area (Å²) in [5.74, 6) is -0.139. The van der Waals surface area contributed by atoms with E-state index >= 15 is 0 Å². The van der Waals surface area contributed by atoms with Crippen LogP contribution in [0.25, 0.3) is 6.08 Å². The predicted octanol–water partition coefficient (Wildman–Crippen LogP) is 3.37. The quantitative estimate of drug-likeness (QED) is 0.491. The molecule has 6 heteroatoms. The van der Waals surface area contributed by atoms with Crippen molar-refractivity contribution in [3.8, 4) is 0 Å². The van der Waals surface area contributed by atoms with E-state index in [1.54, 1.807) is 35.5 Å². The lowest BCUT2D eigenvalue weighted by molar-refractivity contribution is -0.385. The fraction of sp³-hybridized carbons (Fsp3) is 0.222. The van der Waals surface area contributed by atoms with E-state index in [2.05, 4.69) is 4.98 Å². The van der Waals surface area contributed by atoms with Gasteiger partial charge in [-0.25, -0.2) is 0 Å². The molecule has 1 unspecified atom stereocenters. The number of para-hydroxylation sites is 1. The minimum absolute atomic E-state index is 0.00761. The summed E-state index contributed by atoms with van der Waals surface area (Å²) in [6.45, 7) is 0.680. The molecule has 1 atom stereocenters. The second kappa shape index (κ2) is 7.04. The number of hydrogen-bond donors (Lipinski definition) is 0. The topological polar surface area (TPSA) is 76.3 Å². The Kier molecular flexibility index (Phi) is 4.65.